The summed E-state index contributed by atoms with van der Waals surface area (Å²) in [4.78, 5) is 26.4. The highest BCUT2D eigenvalue weighted by molar-refractivity contribution is 9.10. The zero-order valence-electron chi connectivity index (χ0n) is 13.2. The van der Waals surface area contributed by atoms with E-state index in [0.717, 1.165) is 15.5 Å². The second-order valence-corrected chi connectivity index (χ2v) is 7.54. The Kier molecular flexibility index (Phi) is 4.39. The Morgan fingerprint density at radius 1 is 1.20 bits per heavy atom. The van der Waals surface area contributed by atoms with Gasteiger partial charge in [-0.15, -0.1) is 0 Å². The highest BCUT2D eigenvalue weighted by atomic mass is 79.9. The zero-order chi connectivity index (χ0) is 17.4. The fourth-order valence-corrected chi connectivity index (χ4v) is 4.20. The van der Waals surface area contributed by atoms with E-state index in [2.05, 4.69) is 30.8 Å². The molecule has 8 heteroatoms. The fourth-order valence-electron chi connectivity index (χ4n) is 2.83. The number of pyridine rings is 1. The van der Waals surface area contributed by atoms with E-state index >= 15 is 0 Å². The van der Waals surface area contributed by atoms with Gasteiger partial charge in [-0.05, 0) is 46.3 Å². The maximum absolute atomic E-state index is 13.4. The van der Waals surface area contributed by atoms with Gasteiger partial charge in [-0.3, -0.25) is 4.79 Å². The van der Waals surface area contributed by atoms with Crippen LogP contribution in [0.4, 0.5) is 9.52 Å². The van der Waals surface area contributed by atoms with Gasteiger partial charge in [0.1, 0.15) is 16.2 Å². The molecule has 4 rings (SSSR count). The second kappa shape index (κ2) is 6.68. The molecule has 1 aliphatic rings. The Labute approximate surface area is 156 Å². The highest BCUT2D eigenvalue weighted by Gasteiger charge is 2.25. The number of benzene rings is 1. The number of carbonyl (C=O) groups excluding carboxylic acids is 1. The standard InChI is InChI=1S/C17H14BrFN4OS/c18-13-4-3-11(19)10-12(13)16(24)22-6-8-23(9-7-22)17-21-14-2-1-5-20-15(14)25-17/h1-5,10H,6-9H2. The molecule has 25 heavy (non-hydrogen) atoms. The molecule has 128 valence electrons. The Morgan fingerprint density at radius 3 is 2.76 bits per heavy atom. The van der Waals surface area contributed by atoms with E-state index in [1.165, 1.54) is 12.1 Å². The van der Waals surface area contributed by atoms with Gasteiger partial charge >= 0.3 is 0 Å². The predicted molar refractivity (Wildman–Crippen MR) is 99.6 cm³/mol. The summed E-state index contributed by atoms with van der Waals surface area (Å²) in [5, 5.41) is 0.924. The third-order valence-corrected chi connectivity index (χ3v) is 5.88. The van der Waals surface area contributed by atoms with Crippen molar-refractivity contribution in [1.29, 1.82) is 0 Å². The summed E-state index contributed by atoms with van der Waals surface area (Å²) in [6.45, 7) is 2.53. The summed E-state index contributed by atoms with van der Waals surface area (Å²) in [5.41, 5.74) is 1.25. The molecule has 3 aromatic rings. The van der Waals surface area contributed by atoms with Crippen LogP contribution in [0.5, 0.6) is 0 Å². The van der Waals surface area contributed by atoms with E-state index in [1.807, 2.05) is 12.1 Å². The van der Waals surface area contributed by atoms with Gasteiger partial charge in [0.05, 0.1) is 5.56 Å². The molecule has 0 bridgehead atoms. The van der Waals surface area contributed by atoms with Crippen molar-refractivity contribution < 1.29 is 9.18 Å². The SMILES string of the molecule is O=C(c1cc(F)ccc1Br)N1CCN(c2nc3cccnc3s2)CC1. The topological polar surface area (TPSA) is 49.3 Å². The van der Waals surface area contributed by atoms with Crippen LogP contribution in [0.3, 0.4) is 0 Å². The first-order chi connectivity index (χ1) is 12.1. The number of thiazole rings is 1. The van der Waals surface area contributed by atoms with Gasteiger partial charge in [0.2, 0.25) is 0 Å². The summed E-state index contributed by atoms with van der Waals surface area (Å²) in [6, 6.07) is 7.99. The van der Waals surface area contributed by atoms with Crippen molar-refractivity contribution >= 4 is 48.7 Å². The summed E-state index contributed by atoms with van der Waals surface area (Å²) >= 11 is 4.88. The number of halogens is 2. The first kappa shape index (κ1) is 16.4. The van der Waals surface area contributed by atoms with Gasteiger partial charge < -0.3 is 9.80 Å². The third-order valence-electron chi connectivity index (χ3n) is 4.15. The van der Waals surface area contributed by atoms with Crippen LogP contribution in [0.2, 0.25) is 0 Å². The molecular weight excluding hydrogens is 407 g/mol. The van der Waals surface area contributed by atoms with Gasteiger partial charge in [0, 0.05) is 36.8 Å². The lowest BCUT2D eigenvalue weighted by molar-refractivity contribution is 0.0745. The minimum absolute atomic E-state index is 0.156. The van der Waals surface area contributed by atoms with Crippen LogP contribution in [0.25, 0.3) is 10.3 Å². The van der Waals surface area contributed by atoms with Crippen LogP contribution in [-0.4, -0.2) is 47.0 Å². The van der Waals surface area contributed by atoms with Crippen molar-refractivity contribution in [2.45, 2.75) is 0 Å². The molecule has 0 aliphatic carbocycles. The second-order valence-electron chi connectivity index (χ2n) is 5.73. The van der Waals surface area contributed by atoms with Gasteiger partial charge in [-0.25, -0.2) is 14.4 Å². The average Bonchev–Trinajstić information content (AvgIpc) is 3.07. The van der Waals surface area contributed by atoms with Crippen molar-refractivity contribution in [2.24, 2.45) is 0 Å². The van der Waals surface area contributed by atoms with Crippen LogP contribution < -0.4 is 4.90 Å². The molecule has 1 fully saturated rings. The van der Waals surface area contributed by atoms with Gasteiger partial charge in [-0.2, -0.15) is 0 Å². The van der Waals surface area contributed by atoms with Crippen LogP contribution in [-0.2, 0) is 0 Å². The zero-order valence-corrected chi connectivity index (χ0v) is 15.6. The van der Waals surface area contributed by atoms with Gasteiger partial charge in [0.15, 0.2) is 5.13 Å². The Morgan fingerprint density at radius 2 is 2.00 bits per heavy atom. The van der Waals surface area contributed by atoms with E-state index in [1.54, 1.807) is 28.5 Å². The molecule has 5 nitrogen and oxygen atoms in total. The Hall–Kier alpha value is -2.06. The maximum Gasteiger partial charge on any atom is 0.255 e. The summed E-state index contributed by atoms with van der Waals surface area (Å²) in [5.74, 6) is -0.566. The molecule has 0 spiro atoms. The quantitative estimate of drug-likeness (QED) is 0.635. The minimum Gasteiger partial charge on any atom is -0.344 e. The first-order valence-electron chi connectivity index (χ1n) is 7.82. The Balaban J connectivity index is 1.47. The number of rotatable bonds is 2. The van der Waals surface area contributed by atoms with Crippen LogP contribution in [0.15, 0.2) is 41.0 Å². The van der Waals surface area contributed by atoms with Crippen molar-refractivity contribution in [2.75, 3.05) is 31.1 Å². The molecule has 1 amide bonds. The number of piperazine rings is 1. The summed E-state index contributed by atoms with van der Waals surface area (Å²) in [6.07, 6.45) is 1.76. The van der Waals surface area contributed by atoms with E-state index in [0.29, 0.717) is 36.2 Å². The number of aromatic nitrogens is 2. The molecular formula is C17H14BrFN4OS. The molecule has 0 saturated carbocycles. The van der Waals surface area contributed by atoms with Gasteiger partial charge in [-0.1, -0.05) is 11.3 Å². The number of carbonyl (C=O) groups is 1. The van der Waals surface area contributed by atoms with E-state index in [9.17, 15) is 9.18 Å². The van der Waals surface area contributed by atoms with E-state index < -0.39 is 5.82 Å². The molecule has 0 atom stereocenters. The van der Waals surface area contributed by atoms with E-state index in [4.69, 9.17) is 0 Å². The number of anilines is 1. The largest absolute Gasteiger partial charge is 0.344 e. The average molecular weight is 421 g/mol. The van der Waals surface area contributed by atoms with Crippen molar-refractivity contribution in [3.05, 3.63) is 52.4 Å². The molecule has 1 saturated heterocycles. The van der Waals surface area contributed by atoms with Crippen LogP contribution >= 0.6 is 27.3 Å². The number of hydrogen-bond donors (Lipinski definition) is 0. The minimum atomic E-state index is -0.410. The van der Waals surface area contributed by atoms with Crippen molar-refractivity contribution in [1.82, 2.24) is 14.9 Å². The Bertz CT molecular complexity index is 906. The lowest BCUT2D eigenvalue weighted by Crippen LogP contribution is -2.48. The molecule has 0 unspecified atom stereocenters. The molecule has 1 aromatic carbocycles. The molecule has 1 aliphatic heterocycles. The third kappa shape index (κ3) is 3.23. The van der Waals surface area contributed by atoms with Crippen LogP contribution in [0.1, 0.15) is 10.4 Å². The summed E-state index contributed by atoms with van der Waals surface area (Å²) in [7, 11) is 0. The fraction of sp³-hybridized carbons (Fsp3) is 0.235. The molecule has 0 radical (unpaired) electrons. The summed E-state index contributed by atoms with van der Waals surface area (Å²) < 4.78 is 14.1. The normalized spacial score (nSPS) is 15.0. The number of amides is 1. The lowest BCUT2D eigenvalue weighted by Gasteiger charge is -2.34. The van der Waals surface area contributed by atoms with E-state index in [-0.39, 0.29) is 5.91 Å². The monoisotopic (exact) mass is 420 g/mol. The highest BCUT2D eigenvalue weighted by Crippen LogP contribution is 2.28. The lowest BCUT2D eigenvalue weighted by atomic mass is 10.2. The molecule has 3 heterocycles. The number of hydrogen-bond acceptors (Lipinski definition) is 5. The molecule has 2 aromatic heterocycles. The predicted octanol–water partition coefficient (Wildman–Crippen LogP) is 3.56. The smallest absolute Gasteiger partial charge is 0.255 e. The van der Waals surface area contributed by atoms with Gasteiger partial charge in [0.25, 0.3) is 5.91 Å². The van der Waals surface area contributed by atoms with Crippen LogP contribution in [0, 0.1) is 5.82 Å². The number of fused-ring (bicyclic) bond motifs is 1. The van der Waals surface area contributed by atoms with Crippen molar-refractivity contribution in [3.63, 3.8) is 0 Å². The first-order valence-corrected chi connectivity index (χ1v) is 9.43. The van der Waals surface area contributed by atoms with Crippen molar-refractivity contribution in [3.8, 4) is 0 Å². The maximum atomic E-state index is 13.4. The number of nitrogens with zero attached hydrogens (tertiary/aromatic N) is 4. The molecule has 0 N–H and O–H groups in total.